The van der Waals surface area contributed by atoms with Crippen molar-refractivity contribution in [1.29, 1.82) is 0 Å². The number of halogens is 1. The smallest absolute Gasteiger partial charge is 0.254 e. The highest BCUT2D eigenvalue weighted by atomic mass is 32.1. The van der Waals surface area contributed by atoms with Crippen molar-refractivity contribution in [2.24, 2.45) is 0 Å². The Hall–Kier alpha value is -3.43. The van der Waals surface area contributed by atoms with E-state index in [2.05, 4.69) is 0 Å². The summed E-state index contributed by atoms with van der Waals surface area (Å²) >= 11 is 1.67. The maximum Gasteiger partial charge on any atom is 0.254 e. The van der Waals surface area contributed by atoms with Gasteiger partial charge in [-0.1, -0.05) is 6.07 Å². The number of nitrogens with zero attached hydrogens (tertiary/aromatic N) is 2. The lowest BCUT2D eigenvalue weighted by Gasteiger charge is -2.37. The van der Waals surface area contributed by atoms with E-state index in [1.807, 2.05) is 11.4 Å². The van der Waals surface area contributed by atoms with E-state index in [0.29, 0.717) is 43.2 Å². The number of rotatable bonds is 11. The number of ether oxygens (including phenoxy) is 3. The van der Waals surface area contributed by atoms with Crippen molar-refractivity contribution in [2.45, 2.75) is 18.9 Å². The van der Waals surface area contributed by atoms with Crippen LogP contribution in [0.3, 0.4) is 0 Å². The minimum absolute atomic E-state index is 0.0632. The normalized spacial score (nSPS) is 14.7. The van der Waals surface area contributed by atoms with Crippen LogP contribution in [-0.4, -0.2) is 68.7 Å². The molecule has 0 spiro atoms. The Bertz CT molecular complexity index is 1200. The molecule has 4 rings (SSSR count). The zero-order valence-electron chi connectivity index (χ0n) is 21.0. The molecule has 0 fully saturated rings. The van der Waals surface area contributed by atoms with Crippen LogP contribution in [0.25, 0.3) is 0 Å². The van der Waals surface area contributed by atoms with Gasteiger partial charge in [0.2, 0.25) is 5.91 Å². The number of hydrogen-bond donors (Lipinski definition) is 0. The molecule has 0 radical (unpaired) electrons. The van der Waals surface area contributed by atoms with Gasteiger partial charge < -0.3 is 24.0 Å². The van der Waals surface area contributed by atoms with E-state index in [0.717, 1.165) is 12.0 Å². The predicted molar refractivity (Wildman–Crippen MR) is 140 cm³/mol. The molecule has 0 saturated carbocycles. The third kappa shape index (κ3) is 6.67. The number of carbonyl (C=O) groups excluding carboxylic acids is 2. The largest absolute Gasteiger partial charge is 0.497 e. The Morgan fingerprint density at radius 3 is 2.68 bits per heavy atom. The van der Waals surface area contributed by atoms with Gasteiger partial charge in [-0.3, -0.25) is 9.59 Å². The molecule has 7 nitrogen and oxygen atoms in total. The molecule has 0 N–H and O–H groups in total. The van der Waals surface area contributed by atoms with E-state index in [9.17, 15) is 14.0 Å². The topological polar surface area (TPSA) is 68.3 Å². The fourth-order valence-electron chi connectivity index (χ4n) is 4.43. The second-order valence-corrected chi connectivity index (χ2v) is 9.72. The number of hydrogen-bond acceptors (Lipinski definition) is 6. The average Bonchev–Trinajstić information content (AvgIpc) is 3.41. The number of benzene rings is 2. The van der Waals surface area contributed by atoms with E-state index >= 15 is 0 Å². The Balaban J connectivity index is 1.52. The van der Waals surface area contributed by atoms with Gasteiger partial charge in [0.25, 0.3) is 5.91 Å². The number of amides is 2. The number of fused-ring (bicyclic) bond motifs is 1. The SMILES string of the molecule is COCCCN(CC(=O)N1CCc2sccc2[C@@H]1COc1ccc(F)cc1)C(=O)c1cccc(OC)c1. The summed E-state index contributed by atoms with van der Waals surface area (Å²) in [6.07, 6.45) is 1.35. The zero-order valence-corrected chi connectivity index (χ0v) is 21.8. The van der Waals surface area contributed by atoms with E-state index in [-0.39, 0.29) is 36.8 Å². The fourth-order valence-corrected chi connectivity index (χ4v) is 5.35. The lowest BCUT2D eigenvalue weighted by atomic mass is 10.0. The molecule has 1 aliphatic heterocycles. The van der Waals surface area contributed by atoms with Gasteiger partial charge in [0.05, 0.1) is 13.2 Å². The molecule has 2 amide bonds. The van der Waals surface area contributed by atoms with Crippen molar-refractivity contribution in [1.82, 2.24) is 9.80 Å². The van der Waals surface area contributed by atoms with E-state index in [1.165, 1.54) is 17.0 Å². The van der Waals surface area contributed by atoms with Gasteiger partial charge in [-0.15, -0.1) is 11.3 Å². The van der Waals surface area contributed by atoms with E-state index in [4.69, 9.17) is 14.2 Å². The van der Waals surface area contributed by atoms with Gasteiger partial charge in [-0.05, 0) is 72.3 Å². The highest BCUT2D eigenvalue weighted by Crippen LogP contribution is 2.34. The predicted octanol–water partition coefficient (Wildman–Crippen LogP) is 4.58. The molecule has 0 unspecified atom stereocenters. The fraction of sp³-hybridized carbons (Fsp3) is 0.357. The van der Waals surface area contributed by atoms with Gasteiger partial charge in [0, 0.05) is 37.2 Å². The van der Waals surface area contributed by atoms with Gasteiger partial charge in [-0.2, -0.15) is 0 Å². The second kappa shape index (κ2) is 12.7. The van der Waals surface area contributed by atoms with E-state index < -0.39 is 0 Å². The first-order chi connectivity index (χ1) is 18.0. The zero-order chi connectivity index (χ0) is 26.2. The summed E-state index contributed by atoms with van der Waals surface area (Å²) in [7, 11) is 3.16. The van der Waals surface area contributed by atoms with Crippen LogP contribution in [0.4, 0.5) is 4.39 Å². The third-order valence-electron chi connectivity index (χ3n) is 6.34. The minimum atomic E-state index is -0.337. The average molecular weight is 527 g/mol. The van der Waals surface area contributed by atoms with Crippen LogP contribution in [0.2, 0.25) is 0 Å². The molecular formula is C28H31FN2O5S. The van der Waals surface area contributed by atoms with Crippen molar-refractivity contribution in [3.05, 3.63) is 81.8 Å². The molecule has 2 aromatic carbocycles. The molecule has 0 aliphatic carbocycles. The van der Waals surface area contributed by atoms with Crippen LogP contribution in [0.15, 0.2) is 60.0 Å². The minimum Gasteiger partial charge on any atom is -0.497 e. The molecule has 0 saturated heterocycles. The van der Waals surface area contributed by atoms with E-state index in [1.54, 1.807) is 71.8 Å². The van der Waals surface area contributed by atoms with Crippen molar-refractivity contribution in [3.8, 4) is 11.5 Å². The van der Waals surface area contributed by atoms with Crippen LogP contribution in [-0.2, 0) is 16.0 Å². The maximum atomic E-state index is 13.7. The number of thiophene rings is 1. The highest BCUT2D eigenvalue weighted by Gasteiger charge is 2.33. The molecule has 2 heterocycles. The molecule has 37 heavy (non-hydrogen) atoms. The summed E-state index contributed by atoms with van der Waals surface area (Å²) in [5.41, 5.74) is 1.51. The molecule has 1 atom stereocenters. The molecule has 3 aromatic rings. The summed E-state index contributed by atoms with van der Waals surface area (Å²) in [6.45, 7) is 1.56. The maximum absolute atomic E-state index is 13.7. The molecule has 1 aliphatic rings. The quantitative estimate of drug-likeness (QED) is 0.342. The van der Waals surface area contributed by atoms with Crippen molar-refractivity contribution in [3.63, 3.8) is 0 Å². The Labute approximate surface area is 220 Å². The number of carbonyl (C=O) groups is 2. The van der Waals surface area contributed by atoms with Crippen LogP contribution in [0.1, 0.15) is 33.3 Å². The first-order valence-electron chi connectivity index (χ1n) is 12.2. The summed E-state index contributed by atoms with van der Waals surface area (Å²) in [5.74, 6) is 0.378. The first kappa shape index (κ1) is 26.6. The van der Waals surface area contributed by atoms with Crippen molar-refractivity contribution >= 4 is 23.2 Å². The van der Waals surface area contributed by atoms with Crippen molar-refractivity contribution in [2.75, 3.05) is 47.1 Å². The number of methoxy groups -OCH3 is 2. The van der Waals surface area contributed by atoms with Crippen LogP contribution in [0, 0.1) is 5.82 Å². The Morgan fingerprint density at radius 2 is 1.92 bits per heavy atom. The third-order valence-corrected chi connectivity index (χ3v) is 7.34. The summed E-state index contributed by atoms with van der Waals surface area (Å²) in [6, 6.07) is 14.5. The Kier molecular flexibility index (Phi) is 9.14. The highest BCUT2D eigenvalue weighted by molar-refractivity contribution is 7.10. The standard InChI is InChI=1S/C28H31FN2O5S/c1-34-15-4-13-30(28(33)20-5-3-6-23(17-20)35-2)18-27(32)31-14-11-26-24(12-16-37-26)25(31)19-36-22-9-7-21(29)8-10-22/h3,5-10,12,16-17,25H,4,11,13-15,18-19H2,1-2H3/t25-/m0/s1. The molecule has 0 bridgehead atoms. The van der Waals surface area contributed by atoms with Crippen LogP contribution in [0.5, 0.6) is 11.5 Å². The molecule has 9 heteroatoms. The first-order valence-corrected chi connectivity index (χ1v) is 13.0. The van der Waals surface area contributed by atoms with Crippen LogP contribution < -0.4 is 9.47 Å². The second-order valence-electron chi connectivity index (χ2n) is 8.72. The van der Waals surface area contributed by atoms with Gasteiger partial charge in [0.1, 0.15) is 30.5 Å². The van der Waals surface area contributed by atoms with Crippen LogP contribution >= 0.6 is 11.3 Å². The van der Waals surface area contributed by atoms with Crippen molar-refractivity contribution < 1.29 is 28.2 Å². The summed E-state index contributed by atoms with van der Waals surface area (Å²) in [5, 5.41) is 2.02. The summed E-state index contributed by atoms with van der Waals surface area (Å²) < 4.78 is 29.7. The molecular weight excluding hydrogens is 495 g/mol. The molecule has 196 valence electrons. The Morgan fingerprint density at radius 1 is 1.11 bits per heavy atom. The van der Waals surface area contributed by atoms with Gasteiger partial charge in [0.15, 0.2) is 0 Å². The summed E-state index contributed by atoms with van der Waals surface area (Å²) in [4.78, 5) is 31.7. The lowest BCUT2D eigenvalue weighted by molar-refractivity contribution is -0.135. The van der Waals surface area contributed by atoms with Gasteiger partial charge >= 0.3 is 0 Å². The lowest BCUT2D eigenvalue weighted by Crippen LogP contribution is -2.48. The molecule has 1 aromatic heterocycles. The van der Waals surface area contributed by atoms with Gasteiger partial charge in [-0.25, -0.2) is 4.39 Å². The monoisotopic (exact) mass is 526 g/mol.